The van der Waals surface area contributed by atoms with Crippen molar-refractivity contribution in [2.24, 2.45) is 11.8 Å². The van der Waals surface area contributed by atoms with Crippen LogP contribution in [0.15, 0.2) is 0 Å². The van der Waals surface area contributed by atoms with Crippen molar-refractivity contribution >= 4 is 25.6 Å². The number of hydrogen-bond donors (Lipinski definition) is 1. The maximum atomic E-state index is 12.0. The van der Waals surface area contributed by atoms with E-state index in [0.717, 1.165) is 0 Å². The SMILES string of the molecule is CC(C)(C)S(=O)(=O)CCC(C(=O)O)C1CCS(=O)(=O)C1. The van der Waals surface area contributed by atoms with Gasteiger partial charge in [-0.25, -0.2) is 16.8 Å². The second-order valence-electron chi connectivity index (χ2n) is 6.33. The summed E-state index contributed by atoms with van der Waals surface area (Å²) in [6.07, 6.45) is 0.268. The van der Waals surface area contributed by atoms with E-state index in [1.807, 2.05) is 0 Å². The fourth-order valence-electron chi connectivity index (χ4n) is 2.29. The highest BCUT2D eigenvalue weighted by Gasteiger charge is 2.39. The first kappa shape index (κ1) is 17.4. The molecule has 1 aliphatic rings. The first-order valence-electron chi connectivity index (χ1n) is 6.51. The van der Waals surface area contributed by atoms with Crippen LogP contribution < -0.4 is 0 Å². The van der Waals surface area contributed by atoms with E-state index in [4.69, 9.17) is 0 Å². The zero-order valence-electron chi connectivity index (χ0n) is 12.0. The van der Waals surface area contributed by atoms with E-state index in [1.54, 1.807) is 20.8 Å². The molecule has 1 rings (SSSR count). The van der Waals surface area contributed by atoms with Crippen LogP contribution in [0.1, 0.15) is 33.6 Å². The Labute approximate surface area is 120 Å². The van der Waals surface area contributed by atoms with Crippen molar-refractivity contribution < 1.29 is 26.7 Å². The maximum Gasteiger partial charge on any atom is 0.306 e. The molecular weight excluding hydrogens is 304 g/mol. The Hall–Kier alpha value is -0.630. The van der Waals surface area contributed by atoms with Crippen molar-refractivity contribution in [1.82, 2.24) is 0 Å². The summed E-state index contributed by atoms with van der Waals surface area (Å²) in [7, 11) is -6.57. The largest absolute Gasteiger partial charge is 0.481 e. The smallest absolute Gasteiger partial charge is 0.306 e. The molecule has 0 radical (unpaired) electrons. The quantitative estimate of drug-likeness (QED) is 0.798. The maximum absolute atomic E-state index is 12.0. The first-order valence-corrected chi connectivity index (χ1v) is 9.98. The van der Waals surface area contributed by atoms with Crippen LogP contribution in [0.3, 0.4) is 0 Å². The summed E-state index contributed by atoms with van der Waals surface area (Å²) in [6, 6.07) is 0. The van der Waals surface area contributed by atoms with Crippen LogP contribution in [0.2, 0.25) is 0 Å². The van der Waals surface area contributed by atoms with Crippen molar-refractivity contribution in [1.29, 1.82) is 0 Å². The van der Waals surface area contributed by atoms with Crippen LogP contribution in [0, 0.1) is 11.8 Å². The summed E-state index contributed by atoms with van der Waals surface area (Å²) in [6.45, 7) is 4.70. The summed E-state index contributed by atoms with van der Waals surface area (Å²) in [5, 5.41) is 9.21. The van der Waals surface area contributed by atoms with E-state index < -0.39 is 42.2 Å². The zero-order valence-corrected chi connectivity index (χ0v) is 13.6. The van der Waals surface area contributed by atoms with Gasteiger partial charge >= 0.3 is 5.97 Å². The van der Waals surface area contributed by atoms with Gasteiger partial charge in [0.2, 0.25) is 0 Å². The molecule has 1 saturated heterocycles. The molecule has 1 N–H and O–H groups in total. The van der Waals surface area contributed by atoms with Gasteiger partial charge in [-0.05, 0) is 39.5 Å². The third kappa shape index (κ3) is 4.18. The lowest BCUT2D eigenvalue weighted by atomic mass is 9.90. The zero-order chi connectivity index (χ0) is 15.8. The van der Waals surface area contributed by atoms with Crippen LogP contribution in [0.25, 0.3) is 0 Å². The Kier molecular flexibility index (Phi) is 4.91. The molecule has 2 atom stereocenters. The lowest BCUT2D eigenvalue weighted by Crippen LogP contribution is -2.33. The highest BCUT2D eigenvalue weighted by Crippen LogP contribution is 2.30. The van der Waals surface area contributed by atoms with Crippen molar-refractivity contribution in [3.8, 4) is 0 Å². The Bertz CT molecular complexity index is 568. The molecule has 0 saturated carbocycles. The predicted molar refractivity (Wildman–Crippen MR) is 76.0 cm³/mol. The van der Waals surface area contributed by atoms with Crippen LogP contribution in [0.5, 0.6) is 0 Å². The number of carboxylic acids is 1. The minimum Gasteiger partial charge on any atom is -0.481 e. The third-order valence-corrected chi connectivity index (χ3v) is 8.22. The van der Waals surface area contributed by atoms with Gasteiger partial charge in [0, 0.05) is 0 Å². The Morgan fingerprint density at radius 2 is 1.90 bits per heavy atom. The average molecular weight is 326 g/mol. The monoisotopic (exact) mass is 326 g/mol. The van der Waals surface area contributed by atoms with Gasteiger partial charge in [-0.1, -0.05) is 0 Å². The van der Waals surface area contributed by atoms with E-state index in [2.05, 4.69) is 0 Å². The number of carboxylic acid groups (broad SMARTS) is 1. The molecule has 0 aromatic heterocycles. The minimum absolute atomic E-state index is 0.00648. The summed E-state index contributed by atoms with van der Waals surface area (Å²) in [5.41, 5.74) is 0. The number of aliphatic carboxylic acids is 1. The van der Waals surface area contributed by atoms with E-state index in [1.165, 1.54) is 0 Å². The van der Waals surface area contributed by atoms with Gasteiger partial charge in [0.25, 0.3) is 0 Å². The molecule has 0 aliphatic carbocycles. The molecule has 0 spiro atoms. The van der Waals surface area contributed by atoms with Gasteiger partial charge in [-0.15, -0.1) is 0 Å². The number of rotatable bonds is 5. The molecule has 1 fully saturated rings. The van der Waals surface area contributed by atoms with E-state index in [-0.39, 0.29) is 23.7 Å². The van der Waals surface area contributed by atoms with Crippen molar-refractivity contribution in [3.05, 3.63) is 0 Å². The van der Waals surface area contributed by atoms with Crippen LogP contribution in [-0.4, -0.2) is 49.9 Å². The molecule has 0 aromatic rings. The Balaban J connectivity index is 2.79. The van der Waals surface area contributed by atoms with Crippen molar-refractivity contribution in [3.63, 3.8) is 0 Å². The molecule has 0 aromatic carbocycles. The van der Waals surface area contributed by atoms with Crippen LogP contribution in [-0.2, 0) is 24.5 Å². The van der Waals surface area contributed by atoms with Crippen LogP contribution >= 0.6 is 0 Å². The summed E-state index contributed by atoms with van der Waals surface area (Å²) >= 11 is 0. The first-order chi connectivity index (χ1) is 8.86. The normalized spacial score (nSPS) is 24.4. The van der Waals surface area contributed by atoms with Gasteiger partial charge in [0.05, 0.1) is 27.9 Å². The molecule has 2 unspecified atom stereocenters. The van der Waals surface area contributed by atoms with Gasteiger partial charge in [0.15, 0.2) is 19.7 Å². The topological polar surface area (TPSA) is 106 Å². The molecular formula is C12H22O6S2. The van der Waals surface area contributed by atoms with Gasteiger partial charge in [-0.3, -0.25) is 4.79 Å². The lowest BCUT2D eigenvalue weighted by molar-refractivity contribution is -0.143. The van der Waals surface area contributed by atoms with Gasteiger partial charge in [-0.2, -0.15) is 0 Å². The molecule has 1 heterocycles. The molecule has 1 aliphatic heterocycles. The van der Waals surface area contributed by atoms with Crippen LogP contribution in [0.4, 0.5) is 0 Å². The standard InChI is InChI=1S/C12H22O6S2/c1-12(2,3)20(17,18)7-5-10(11(13)14)9-4-6-19(15,16)8-9/h9-10H,4-8H2,1-3H3,(H,13,14). The molecule has 8 heteroatoms. The highest BCUT2D eigenvalue weighted by atomic mass is 32.2. The second-order valence-corrected chi connectivity index (χ2v) is 11.4. The molecule has 20 heavy (non-hydrogen) atoms. The average Bonchev–Trinajstić information content (AvgIpc) is 2.56. The fraction of sp³-hybridized carbons (Fsp3) is 0.917. The summed E-state index contributed by atoms with van der Waals surface area (Å²) in [5.74, 6) is -2.90. The number of sulfone groups is 2. The van der Waals surface area contributed by atoms with E-state index >= 15 is 0 Å². The lowest BCUT2D eigenvalue weighted by Gasteiger charge is -2.22. The highest BCUT2D eigenvalue weighted by molar-refractivity contribution is 7.92. The number of hydrogen-bond acceptors (Lipinski definition) is 5. The minimum atomic E-state index is -3.40. The molecule has 0 amide bonds. The fourth-order valence-corrected chi connectivity index (χ4v) is 5.35. The van der Waals surface area contributed by atoms with E-state index in [0.29, 0.717) is 6.42 Å². The van der Waals surface area contributed by atoms with Gasteiger partial charge < -0.3 is 5.11 Å². The van der Waals surface area contributed by atoms with E-state index in [9.17, 15) is 26.7 Å². The summed E-state index contributed by atoms with van der Waals surface area (Å²) < 4.78 is 45.9. The molecule has 6 nitrogen and oxygen atoms in total. The molecule has 118 valence electrons. The van der Waals surface area contributed by atoms with Crippen molar-refractivity contribution in [2.45, 2.75) is 38.4 Å². The Morgan fingerprint density at radius 1 is 1.35 bits per heavy atom. The van der Waals surface area contributed by atoms with Crippen molar-refractivity contribution in [2.75, 3.05) is 17.3 Å². The summed E-state index contributed by atoms with van der Waals surface area (Å²) in [4.78, 5) is 11.3. The predicted octanol–water partition coefficient (Wildman–Crippen LogP) is 0.725. The number of carbonyl (C=O) groups is 1. The third-order valence-electron chi connectivity index (χ3n) is 3.78. The second kappa shape index (κ2) is 5.63. The van der Waals surface area contributed by atoms with Gasteiger partial charge in [0.1, 0.15) is 0 Å². The molecule has 0 bridgehead atoms. The Morgan fingerprint density at radius 3 is 2.25 bits per heavy atom.